The molecule has 2 fully saturated rings. The third kappa shape index (κ3) is 2.18. The summed E-state index contributed by atoms with van der Waals surface area (Å²) in [5.74, 6) is 0.636. The molecule has 3 nitrogen and oxygen atoms in total. The van der Waals surface area contributed by atoms with Gasteiger partial charge in [-0.05, 0) is 38.5 Å². The van der Waals surface area contributed by atoms with Crippen molar-refractivity contribution in [3.8, 4) is 0 Å². The predicted molar refractivity (Wildman–Crippen MR) is 70.3 cm³/mol. The van der Waals surface area contributed by atoms with E-state index in [2.05, 4.69) is 13.8 Å². The van der Waals surface area contributed by atoms with Gasteiger partial charge in [-0.25, -0.2) is 4.79 Å². The van der Waals surface area contributed by atoms with Crippen LogP contribution in [0.15, 0.2) is 0 Å². The van der Waals surface area contributed by atoms with Gasteiger partial charge in [0.1, 0.15) is 5.60 Å². The molecule has 104 valence electrons. The van der Waals surface area contributed by atoms with Crippen LogP contribution in [0.25, 0.3) is 0 Å². The molecule has 0 radical (unpaired) electrons. The Morgan fingerprint density at radius 2 is 2.11 bits per heavy atom. The first kappa shape index (κ1) is 13.9. The molecule has 1 aliphatic carbocycles. The van der Waals surface area contributed by atoms with Crippen molar-refractivity contribution in [2.24, 2.45) is 5.92 Å². The summed E-state index contributed by atoms with van der Waals surface area (Å²) < 4.78 is 11.3. The number of rotatable bonds is 4. The highest BCUT2D eigenvalue weighted by Gasteiger charge is 2.73. The van der Waals surface area contributed by atoms with Crippen LogP contribution in [0.5, 0.6) is 0 Å². The molecular formula is C15H26O3. The Morgan fingerprint density at radius 3 is 2.78 bits per heavy atom. The minimum atomic E-state index is -0.609. The number of hydrogen-bond acceptors (Lipinski definition) is 3. The van der Waals surface area contributed by atoms with Gasteiger partial charge in [0.2, 0.25) is 0 Å². The average Bonchev–Trinajstić information content (AvgIpc) is 3.01. The monoisotopic (exact) mass is 254 g/mol. The Labute approximate surface area is 110 Å². The summed E-state index contributed by atoms with van der Waals surface area (Å²) in [5.41, 5.74) is -0.804. The Bertz CT molecular complexity index is 315. The van der Waals surface area contributed by atoms with E-state index < -0.39 is 5.60 Å². The van der Waals surface area contributed by atoms with Gasteiger partial charge >= 0.3 is 5.97 Å². The van der Waals surface area contributed by atoms with Crippen molar-refractivity contribution in [2.45, 2.75) is 76.9 Å². The Hall–Kier alpha value is -0.570. The van der Waals surface area contributed by atoms with E-state index >= 15 is 0 Å². The molecule has 0 aromatic carbocycles. The fourth-order valence-corrected chi connectivity index (χ4v) is 3.51. The molecule has 2 rings (SSSR count). The molecule has 1 aliphatic heterocycles. The van der Waals surface area contributed by atoms with Crippen LogP contribution in [0, 0.1) is 5.92 Å². The molecule has 18 heavy (non-hydrogen) atoms. The summed E-state index contributed by atoms with van der Waals surface area (Å²) in [6.07, 6.45) is 7.42. The molecule has 0 aromatic rings. The van der Waals surface area contributed by atoms with Crippen molar-refractivity contribution >= 4 is 5.97 Å². The van der Waals surface area contributed by atoms with Gasteiger partial charge in [-0.3, -0.25) is 0 Å². The van der Waals surface area contributed by atoms with Gasteiger partial charge in [0.05, 0.1) is 6.61 Å². The lowest BCUT2D eigenvalue weighted by Crippen LogP contribution is -2.35. The quantitative estimate of drug-likeness (QED) is 0.569. The summed E-state index contributed by atoms with van der Waals surface area (Å²) in [7, 11) is 0. The fourth-order valence-electron chi connectivity index (χ4n) is 3.51. The smallest absolute Gasteiger partial charge is 0.341 e. The third-order valence-corrected chi connectivity index (χ3v) is 4.59. The molecule has 3 unspecified atom stereocenters. The maximum absolute atomic E-state index is 12.2. The van der Waals surface area contributed by atoms with Gasteiger partial charge in [0.15, 0.2) is 5.60 Å². The zero-order valence-electron chi connectivity index (χ0n) is 12.0. The van der Waals surface area contributed by atoms with Crippen molar-refractivity contribution in [2.75, 3.05) is 6.61 Å². The first-order valence-corrected chi connectivity index (χ1v) is 7.47. The van der Waals surface area contributed by atoms with Gasteiger partial charge < -0.3 is 9.47 Å². The first-order valence-electron chi connectivity index (χ1n) is 7.47. The van der Waals surface area contributed by atoms with Gasteiger partial charge in [0.25, 0.3) is 0 Å². The molecule has 3 heteroatoms. The Balaban J connectivity index is 2.12. The summed E-state index contributed by atoms with van der Waals surface area (Å²) in [4.78, 5) is 12.2. The summed E-state index contributed by atoms with van der Waals surface area (Å²) in [5, 5.41) is 0. The van der Waals surface area contributed by atoms with Gasteiger partial charge in [-0.15, -0.1) is 0 Å². The van der Waals surface area contributed by atoms with Crippen molar-refractivity contribution < 1.29 is 14.3 Å². The van der Waals surface area contributed by atoms with Crippen molar-refractivity contribution in [3.05, 3.63) is 0 Å². The zero-order valence-corrected chi connectivity index (χ0v) is 12.0. The second-order valence-corrected chi connectivity index (χ2v) is 5.93. The minimum Gasteiger partial charge on any atom is -0.464 e. The van der Waals surface area contributed by atoms with Crippen LogP contribution in [0.2, 0.25) is 0 Å². The van der Waals surface area contributed by atoms with E-state index in [4.69, 9.17) is 9.47 Å². The third-order valence-electron chi connectivity index (χ3n) is 4.59. The van der Waals surface area contributed by atoms with Crippen LogP contribution < -0.4 is 0 Å². The summed E-state index contributed by atoms with van der Waals surface area (Å²) >= 11 is 0. The highest BCUT2D eigenvalue weighted by molar-refractivity contribution is 5.85. The molecule has 1 spiro atoms. The van der Waals surface area contributed by atoms with E-state index in [9.17, 15) is 4.79 Å². The standard InChI is InChI=1S/C15H26O3/c1-4-9-15(13(16)17-5-2)14(18-15)10-6-7-12(3)8-11-14/h12H,4-11H2,1-3H3. The van der Waals surface area contributed by atoms with E-state index in [-0.39, 0.29) is 11.6 Å². The maximum Gasteiger partial charge on any atom is 0.341 e. The van der Waals surface area contributed by atoms with Crippen molar-refractivity contribution in [1.82, 2.24) is 0 Å². The lowest BCUT2D eigenvalue weighted by Gasteiger charge is -2.17. The number of carbonyl (C=O) groups excluding carboxylic acids is 1. The second-order valence-electron chi connectivity index (χ2n) is 5.93. The number of ether oxygens (including phenoxy) is 2. The van der Waals surface area contributed by atoms with Crippen LogP contribution in [-0.4, -0.2) is 23.8 Å². The highest BCUT2D eigenvalue weighted by Crippen LogP contribution is 2.59. The van der Waals surface area contributed by atoms with Crippen LogP contribution in [-0.2, 0) is 14.3 Å². The number of carbonyl (C=O) groups is 1. The van der Waals surface area contributed by atoms with E-state index in [1.54, 1.807) is 0 Å². The zero-order chi connectivity index (χ0) is 13.2. The Kier molecular flexibility index (Phi) is 4.00. The van der Waals surface area contributed by atoms with Gasteiger partial charge in [-0.2, -0.15) is 0 Å². The second kappa shape index (κ2) is 5.20. The Morgan fingerprint density at radius 1 is 1.33 bits per heavy atom. The molecule has 0 N–H and O–H groups in total. The molecule has 1 saturated carbocycles. The van der Waals surface area contributed by atoms with Crippen molar-refractivity contribution in [1.29, 1.82) is 0 Å². The van der Waals surface area contributed by atoms with E-state index in [0.717, 1.165) is 31.6 Å². The van der Waals surface area contributed by atoms with Crippen molar-refractivity contribution in [3.63, 3.8) is 0 Å². The molecule has 3 atom stereocenters. The molecular weight excluding hydrogens is 228 g/mol. The first-order chi connectivity index (χ1) is 8.60. The highest BCUT2D eigenvalue weighted by atomic mass is 16.7. The lowest BCUT2D eigenvalue weighted by molar-refractivity contribution is -0.149. The minimum absolute atomic E-state index is 0.124. The topological polar surface area (TPSA) is 38.8 Å². The maximum atomic E-state index is 12.2. The van der Waals surface area contributed by atoms with Gasteiger partial charge in [-0.1, -0.05) is 33.1 Å². The molecule has 0 amide bonds. The summed E-state index contributed by atoms with van der Waals surface area (Å²) in [6, 6.07) is 0. The lowest BCUT2D eigenvalue weighted by atomic mass is 9.83. The van der Waals surface area contributed by atoms with Crippen LogP contribution in [0.1, 0.15) is 65.7 Å². The molecule has 0 aromatic heterocycles. The average molecular weight is 254 g/mol. The molecule has 1 saturated heterocycles. The predicted octanol–water partition coefficient (Wildman–Crippen LogP) is 3.46. The number of epoxide rings is 1. The van der Waals surface area contributed by atoms with E-state index in [1.807, 2.05) is 6.92 Å². The molecule has 2 aliphatic rings. The SMILES string of the molecule is CCCC1(C(=O)OCC)OC12CCCC(C)CC2. The van der Waals surface area contributed by atoms with Crippen LogP contribution >= 0.6 is 0 Å². The van der Waals surface area contributed by atoms with Gasteiger partial charge in [0, 0.05) is 0 Å². The molecule has 1 heterocycles. The van der Waals surface area contributed by atoms with E-state index in [1.165, 1.54) is 19.3 Å². The van der Waals surface area contributed by atoms with E-state index in [0.29, 0.717) is 6.61 Å². The van der Waals surface area contributed by atoms with Crippen LogP contribution in [0.3, 0.4) is 0 Å². The largest absolute Gasteiger partial charge is 0.464 e. The van der Waals surface area contributed by atoms with Crippen LogP contribution in [0.4, 0.5) is 0 Å². The number of esters is 1. The molecule has 0 bridgehead atoms. The number of hydrogen-bond donors (Lipinski definition) is 0. The summed E-state index contributed by atoms with van der Waals surface area (Å²) in [6.45, 7) is 6.71. The fraction of sp³-hybridized carbons (Fsp3) is 0.933. The normalized spacial score (nSPS) is 39.4.